The number of likely N-dealkylation sites (tertiary alicyclic amines) is 1. The molecule has 156 valence electrons. The summed E-state index contributed by atoms with van der Waals surface area (Å²) in [6.07, 6.45) is 3.07. The number of piperidine rings is 1. The van der Waals surface area contributed by atoms with Crippen molar-refractivity contribution in [3.8, 4) is 0 Å². The largest absolute Gasteiger partial charge is 0.490 e. The number of amides is 1. The summed E-state index contributed by atoms with van der Waals surface area (Å²) in [6, 6.07) is 4.27. The maximum Gasteiger partial charge on any atom is 0.407 e. The molecule has 1 saturated heterocycles. The standard InChI is InChI=1S/C20H28N6O3/c1-13-4-5-16(14(2)23-13)24-18-17-19(22-12-21-18)26(8-3-11-29-17)15-6-9-25(10-7-15)20(27)28/h4-5,12,15,18,24H,3,6-11H2,1-2H3,(H,21,22)(H,27,28). The number of rotatable bonds is 3. The molecule has 29 heavy (non-hydrogen) atoms. The molecule has 0 bridgehead atoms. The van der Waals surface area contributed by atoms with E-state index in [9.17, 15) is 9.90 Å². The quantitative estimate of drug-likeness (QED) is 0.714. The van der Waals surface area contributed by atoms with Gasteiger partial charge in [-0.1, -0.05) is 0 Å². The van der Waals surface area contributed by atoms with Gasteiger partial charge in [-0.3, -0.25) is 4.98 Å². The Hall–Kier alpha value is -2.97. The Kier molecular flexibility index (Phi) is 5.46. The monoisotopic (exact) mass is 400 g/mol. The molecule has 4 heterocycles. The van der Waals surface area contributed by atoms with E-state index in [0.717, 1.165) is 54.5 Å². The molecule has 0 saturated carbocycles. The van der Waals surface area contributed by atoms with E-state index >= 15 is 0 Å². The van der Waals surface area contributed by atoms with Crippen molar-refractivity contribution in [1.82, 2.24) is 20.1 Å². The second-order valence-electron chi connectivity index (χ2n) is 7.66. The highest BCUT2D eigenvalue weighted by atomic mass is 16.5. The van der Waals surface area contributed by atoms with Crippen LogP contribution in [-0.2, 0) is 4.74 Å². The SMILES string of the molecule is Cc1ccc(NC2N=CNC3=C2OCCCN3C2CCN(C(=O)O)CC2)c(C)n1. The van der Waals surface area contributed by atoms with Crippen LogP contribution in [0.15, 0.2) is 28.7 Å². The number of hydrogen-bond donors (Lipinski definition) is 3. The van der Waals surface area contributed by atoms with Crippen molar-refractivity contribution in [2.24, 2.45) is 4.99 Å². The van der Waals surface area contributed by atoms with Crippen LogP contribution >= 0.6 is 0 Å². The molecule has 9 nitrogen and oxygen atoms in total. The Morgan fingerprint density at radius 2 is 2.07 bits per heavy atom. The number of carboxylic acid groups (broad SMARTS) is 1. The third-order valence-electron chi connectivity index (χ3n) is 5.69. The summed E-state index contributed by atoms with van der Waals surface area (Å²) in [7, 11) is 0. The summed E-state index contributed by atoms with van der Waals surface area (Å²) in [4.78, 5) is 24.1. The Balaban J connectivity index is 1.55. The Morgan fingerprint density at radius 1 is 1.28 bits per heavy atom. The average Bonchev–Trinajstić information content (AvgIpc) is 2.93. The van der Waals surface area contributed by atoms with Crippen LogP contribution in [0.4, 0.5) is 10.5 Å². The topological polar surface area (TPSA) is 102 Å². The minimum Gasteiger partial charge on any atom is -0.490 e. The average molecular weight is 400 g/mol. The van der Waals surface area contributed by atoms with Gasteiger partial charge in [0.1, 0.15) is 5.82 Å². The molecule has 4 rings (SSSR count). The van der Waals surface area contributed by atoms with Gasteiger partial charge in [-0.25, -0.2) is 9.79 Å². The van der Waals surface area contributed by atoms with Crippen LogP contribution in [0.25, 0.3) is 0 Å². The molecule has 1 atom stereocenters. The van der Waals surface area contributed by atoms with Gasteiger partial charge in [-0.15, -0.1) is 0 Å². The zero-order valence-corrected chi connectivity index (χ0v) is 16.9. The van der Waals surface area contributed by atoms with Gasteiger partial charge < -0.3 is 30.3 Å². The van der Waals surface area contributed by atoms with Crippen molar-refractivity contribution in [2.45, 2.75) is 45.3 Å². The van der Waals surface area contributed by atoms with Crippen molar-refractivity contribution < 1.29 is 14.6 Å². The van der Waals surface area contributed by atoms with Crippen molar-refractivity contribution in [2.75, 3.05) is 31.6 Å². The molecule has 9 heteroatoms. The molecule has 1 unspecified atom stereocenters. The minimum atomic E-state index is -0.836. The summed E-state index contributed by atoms with van der Waals surface area (Å²) in [6.45, 7) is 6.57. The zero-order valence-electron chi connectivity index (χ0n) is 16.9. The second kappa shape index (κ2) is 8.18. The molecule has 0 aromatic carbocycles. The first-order valence-corrected chi connectivity index (χ1v) is 10.1. The lowest BCUT2D eigenvalue weighted by atomic mass is 10.0. The smallest absolute Gasteiger partial charge is 0.407 e. The van der Waals surface area contributed by atoms with E-state index in [4.69, 9.17) is 4.74 Å². The summed E-state index contributed by atoms with van der Waals surface area (Å²) >= 11 is 0. The minimum absolute atomic E-state index is 0.278. The van der Waals surface area contributed by atoms with Crippen molar-refractivity contribution in [3.63, 3.8) is 0 Å². The van der Waals surface area contributed by atoms with Crippen molar-refractivity contribution in [1.29, 1.82) is 0 Å². The molecule has 1 amide bonds. The van der Waals surface area contributed by atoms with Gasteiger partial charge in [-0.2, -0.15) is 0 Å². The number of ether oxygens (including phenoxy) is 1. The molecular weight excluding hydrogens is 372 g/mol. The summed E-state index contributed by atoms with van der Waals surface area (Å²) < 4.78 is 6.11. The lowest BCUT2D eigenvalue weighted by molar-refractivity contribution is 0.106. The predicted octanol–water partition coefficient (Wildman–Crippen LogP) is 2.10. The van der Waals surface area contributed by atoms with E-state index in [2.05, 4.69) is 25.5 Å². The van der Waals surface area contributed by atoms with Crippen LogP contribution in [0.5, 0.6) is 0 Å². The fourth-order valence-corrected chi connectivity index (χ4v) is 4.17. The highest BCUT2D eigenvalue weighted by Gasteiger charge is 2.34. The zero-order chi connectivity index (χ0) is 20.4. The van der Waals surface area contributed by atoms with Crippen molar-refractivity contribution >= 4 is 18.1 Å². The Labute approximate surface area is 170 Å². The predicted molar refractivity (Wildman–Crippen MR) is 110 cm³/mol. The summed E-state index contributed by atoms with van der Waals surface area (Å²) in [5, 5.41) is 16.0. The number of nitrogens with one attached hydrogen (secondary N) is 2. The summed E-state index contributed by atoms with van der Waals surface area (Å²) in [5.41, 5.74) is 2.83. The van der Waals surface area contributed by atoms with Crippen LogP contribution in [0.3, 0.4) is 0 Å². The van der Waals surface area contributed by atoms with E-state index in [1.165, 1.54) is 4.90 Å². The number of anilines is 1. The highest BCUT2D eigenvalue weighted by Crippen LogP contribution is 2.28. The van der Waals surface area contributed by atoms with E-state index in [1.54, 1.807) is 6.34 Å². The number of hydrogen-bond acceptors (Lipinski definition) is 7. The van der Waals surface area contributed by atoms with E-state index in [-0.39, 0.29) is 12.2 Å². The lowest BCUT2D eigenvalue weighted by Crippen LogP contribution is -2.49. The molecule has 1 aromatic heterocycles. The van der Waals surface area contributed by atoms with Crippen LogP contribution < -0.4 is 10.6 Å². The number of nitrogens with zero attached hydrogens (tertiary/aromatic N) is 4. The summed E-state index contributed by atoms with van der Waals surface area (Å²) in [5.74, 6) is 1.71. The first-order valence-electron chi connectivity index (χ1n) is 10.1. The van der Waals surface area contributed by atoms with Crippen molar-refractivity contribution in [3.05, 3.63) is 35.1 Å². The number of aromatic nitrogens is 1. The molecule has 1 fully saturated rings. The first kappa shape index (κ1) is 19.4. The van der Waals surface area contributed by atoms with E-state index in [0.29, 0.717) is 19.7 Å². The highest BCUT2D eigenvalue weighted by molar-refractivity contribution is 5.65. The molecular formula is C20H28N6O3. The number of aliphatic imine (C=N–C) groups is 1. The third kappa shape index (κ3) is 4.08. The normalized spacial score (nSPS) is 22.5. The Bertz CT molecular complexity index is 832. The number of carbonyl (C=O) groups is 1. The van der Waals surface area contributed by atoms with Gasteiger partial charge in [-0.05, 0) is 45.2 Å². The van der Waals surface area contributed by atoms with Crippen LogP contribution in [0.1, 0.15) is 30.7 Å². The van der Waals surface area contributed by atoms with Gasteiger partial charge in [0, 0.05) is 31.4 Å². The molecule has 0 spiro atoms. The third-order valence-corrected chi connectivity index (χ3v) is 5.69. The first-order chi connectivity index (χ1) is 14.0. The van der Waals surface area contributed by atoms with Gasteiger partial charge in [0.05, 0.1) is 24.3 Å². The van der Waals surface area contributed by atoms with E-state index in [1.807, 2.05) is 26.0 Å². The van der Waals surface area contributed by atoms with Gasteiger partial charge >= 0.3 is 6.09 Å². The number of aryl methyl sites for hydroxylation is 2. The maximum absolute atomic E-state index is 11.2. The fraction of sp³-hybridized carbons (Fsp3) is 0.550. The van der Waals surface area contributed by atoms with E-state index < -0.39 is 6.09 Å². The lowest BCUT2D eigenvalue weighted by Gasteiger charge is -2.40. The van der Waals surface area contributed by atoms with Gasteiger partial charge in [0.2, 0.25) is 0 Å². The Morgan fingerprint density at radius 3 is 2.79 bits per heavy atom. The van der Waals surface area contributed by atoms with Crippen LogP contribution in [0, 0.1) is 13.8 Å². The molecule has 1 aromatic rings. The fourth-order valence-electron chi connectivity index (χ4n) is 4.17. The molecule has 0 aliphatic carbocycles. The van der Waals surface area contributed by atoms with Crippen LogP contribution in [0.2, 0.25) is 0 Å². The van der Waals surface area contributed by atoms with Crippen LogP contribution in [-0.4, -0.2) is 70.8 Å². The molecule has 0 radical (unpaired) electrons. The second-order valence-corrected chi connectivity index (χ2v) is 7.66. The van der Waals surface area contributed by atoms with Gasteiger partial charge in [0.25, 0.3) is 0 Å². The molecule has 3 aliphatic rings. The molecule has 3 aliphatic heterocycles. The van der Waals surface area contributed by atoms with Gasteiger partial charge in [0.15, 0.2) is 11.9 Å². The number of pyridine rings is 1. The molecule has 3 N–H and O–H groups in total. The maximum atomic E-state index is 11.2.